The molecule has 0 aliphatic carbocycles. The van der Waals surface area contributed by atoms with Gasteiger partial charge in [-0.15, -0.1) is 10.2 Å². The zero-order valence-electron chi connectivity index (χ0n) is 10.3. The second kappa shape index (κ2) is 4.85. The minimum atomic E-state index is 0.662. The van der Waals surface area contributed by atoms with Crippen LogP contribution in [0.2, 0.25) is 5.02 Å². The first-order chi connectivity index (χ1) is 9.24. The molecule has 2 aromatic heterocycles. The fraction of sp³-hybridized carbons (Fsp3) is 0.154. The predicted molar refractivity (Wildman–Crippen MR) is 74.3 cm³/mol. The van der Waals surface area contributed by atoms with E-state index in [1.54, 1.807) is 6.20 Å². The minimum Gasteiger partial charge on any atom is -0.363 e. The molecule has 0 amide bonds. The van der Waals surface area contributed by atoms with Gasteiger partial charge in [-0.25, -0.2) is 4.98 Å². The highest BCUT2D eigenvalue weighted by molar-refractivity contribution is 6.30. The molecule has 3 rings (SSSR count). The number of rotatable bonds is 3. The Morgan fingerprint density at radius 2 is 2.00 bits per heavy atom. The quantitative estimate of drug-likeness (QED) is 0.797. The number of benzene rings is 1. The molecular weight excluding hydrogens is 262 g/mol. The molecule has 0 saturated heterocycles. The van der Waals surface area contributed by atoms with Crippen LogP contribution in [-0.2, 0) is 6.54 Å². The summed E-state index contributed by atoms with van der Waals surface area (Å²) in [6, 6.07) is 7.69. The molecule has 0 bridgehead atoms. The monoisotopic (exact) mass is 273 g/mol. The zero-order chi connectivity index (χ0) is 13.2. The van der Waals surface area contributed by atoms with Gasteiger partial charge in [0.05, 0.1) is 0 Å². The smallest absolute Gasteiger partial charge is 0.203 e. The number of hydrogen-bond acceptors (Lipinski definition) is 4. The standard InChI is InChI=1S/C13H12ClN5/c1-9-17-18-13-12(15-6-7-19(9)13)16-8-10-2-4-11(14)5-3-10/h2-7H,8H2,1H3,(H,15,16). The summed E-state index contributed by atoms with van der Waals surface area (Å²) in [6.07, 6.45) is 3.58. The van der Waals surface area contributed by atoms with Crippen LogP contribution in [0.25, 0.3) is 5.65 Å². The maximum Gasteiger partial charge on any atom is 0.203 e. The number of hydrogen-bond donors (Lipinski definition) is 1. The molecule has 0 aliphatic heterocycles. The van der Waals surface area contributed by atoms with Crippen LogP contribution in [-0.4, -0.2) is 19.6 Å². The maximum atomic E-state index is 5.86. The Hall–Kier alpha value is -2.14. The molecule has 6 heteroatoms. The molecule has 5 nitrogen and oxygen atoms in total. The average Bonchev–Trinajstić information content (AvgIpc) is 2.81. The van der Waals surface area contributed by atoms with Gasteiger partial charge in [-0.3, -0.25) is 4.40 Å². The van der Waals surface area contributed by atoms with Gasteiger partial charge in [0.2, 0.25) is 5.65 Å². The first-order valence-electron chi connectivity index (χ1n) is 5.89. The van der Waals surface area contributed by atoms with Crippen molar-refractivity contribution in [2.75, 3.05) is 5.32 Å². The molecule has 96 valence electrons. The van der Waals surface area contributed by atoms with Crippen molar-refractivity contribution in [1.29, 1.82) is 0 Å². The molecule has 0 radical (unpaired) electrons. The van der Waals surface area contributed by atoms with Gasteiger partial charge < -0.3 is 5.32 Å². The number of nitrogens with zero attached hydrogens (tertiary/aromatic N) is 4. The fourth-order valence-corrected chi connectivity index (χ4v) is 1.98. The van der Waals surface area contributed by atoms with E-state index in [1.807, 2.05) is 41.8 Å². The lowest BCUT2D eigenvalue weighted by atomic mass is 10.2. The van der Waals surface area contributed by atoms with Crippen molar-refractivity contribution < 1.29 is 0 Å². The molecule has 0 unspecified atom stereocenters. The first-order valence-corrected chi connectivity index (χ1v) is 6.26. The highest BCUT2D eigenvalue weighted by Gasteiger charge is 2.06. The Labute approximate surface area is 115 Å². The molecule has 0 fully saturated rings. The number of aromatic nitrogens is 4. The highest BCUT2D eigenvalue weighted by Crippen LogP contribution is 2.14. The largest absolute Gasteiger partial charge is 0.363 e. The van der Waals surface area contributed by atoms with Crippen LogP contribution in [0.4, 0.5) is 5.82 Å². The van der Waals surface area contributed by atoms with Crippen molar-refractivity contribution in [3.05, 3.63) is 53.1 Å². The van der Waals surface area contributed by atoms with Crippen LogP contribution in [0.5, 0.6) is 0 Å². The Kier molecular flexibility index (Phi) is 3.05. The Bertz CT molecular complexity index is 705. The van der Waals surface area contributed by atoms with Crippen LogP contribution < -0.4 is 5.32 Å². The molecule has 3 aromatic rings. The van der Waals surface area contributed by atoms with E-state index in [0.29, 0.717) is 6.54 Å². The van der Waals surface area contributed by atoms with Gasteiger partial charge in [-0.1, -0.05) is 23.7 Å². The van der Waals surface area contributed by atoms with Crippen LogP contribution in [0.15, 0.2) is 36.7 Å². The summed E-state index contributed by atoms with van der Waals surface area (Å²) < 4.78 is 1.90. The van der Waals surface area contributed by atoms with Crippen LogP contribution in [0, 0.1) is 6.92 Å². The molecular formula is C13H12ClN5. The van der Waals surface area contributed by atoms with E-state index < -0.39 is 0 Å². The van der Waals surface area contributed by atoms with Gasteiger partial charge in [-0.2, -0.15) is 0 Å². The minimum absolute atomic E-state index is 0.662. The first kappa shape index (κ1) is 11.9. The van der Waals surface area contributed by atoms with Crippen LogP contribution in [0.1, 0.15) is 11.4 Å². The normalized spacial score (nSPS) is 10.8. The molecule has 0 saturated carbocycles. The summed E-state index contributed by atoms with van der Waals surface area (Å²) in [5, 5.41) is 12.1. The van der Waals surface area contributed by atoms with Gasteiger partial charge in [0, 0.05) is 24.0 Å². The number of halogens is 1. The maximum absolute atomic E-state index is 5.86. The van der Waals surface area contributed by atoms with Gasteiger partial charge >= 0.3 is 0 Å². The van der Waals surface area contributed by atoms with Gasteiger partial charge in [-0.05, 0) is 24.6 Å². The van der Waals surface area contributed by atoms with E-state index in [-0.39, 0.29) is 0 Å². The molecule has 1 N–H and O–H groups in total. The second-order valence-corrected chi connectivity index (χ2v) is 4.63. The van der Waals surface area contributed by atoms with Crippen molar-refractivity contribution in [3.63, 3.8) is 0 Å². The average molecular weight is 274 g/mol. The summed E-state index contributed by atoms with van der Waals surface area (Å²) >= 11 is 5.86. The fourth-order valence-electron chi connectivity index (χ4n) is 1.85. The van der Waals surface area contributed by atoms with Crippen molar-refractivity contribution >= 4 is 23.1 Å². The molecule has 0 atom stereocenters. The predicted octanol–water partition coefficient (Wildman–Crippen LogP) is 2.70. The Balaban J connectivity index is 1.83. The topological polar surface area (TPSA) is 55.1 Å². The number of fused-ring (bicyclic) bond motifs is 1. The van der Waals surface area contributed by atoms with E-state index in [1.165, 1.54) is 0 Å². The molecule has 2 heterocycles. The van der Waals surface area contributed by atoms with Crippen molar-refractivity contribution in [2.45, 2.75) is 13.5 Å². The lowest BCUT2D eigenvalue weighted by molar-refractivity contribution is 1.000. The third kappa shape index (κ3) is 2.37. The van der Waals surface area contributed by atoms with Crippen molar-refractivity contribution in [3.8, 4) is 0 Å². The lowest BCUT2D eigenvalue weighted by Crippen LogP contribution is -2.03. The molecule has 1 aromatic carbocycles. The highest BCUT2D eigenvalue weighted by atomic mass is 35.5. The van der Waals surface area contributed by atoms with Crippen LogP contribution in [0.3, 0.4) is 0 Å². The molecule has 0 spiro atoms. The molecule has 0 aliphatic rings. The van der Waals surface area contributed by atoms with Crippen molar-refractivity contribution in [2.24, 2.45) is 0 Å². The SMILES string of the molecule is Cc1nnc2c(NCc3ccc(Cl)cc3)nccn12. The van der Waals surface area contributed by atoms with Crippen LogP contribution >= 0.6 is 11.6 Å². The summed E-state index contributed by atoms with van der Waals surface area (Å²) in [7, 11) is 0. The number of nitrogens with one attached hydrogen (secondary N) is 1. The molecule has 19 heavy (non-hydrogen) atoms. The van der Waals surface area contributed by atoms with E-state index in [4.69, 9.17) is 11.6 Å². The lowest BCUT2D eigenvalue weighted by Gasteiger charge is -2.06. The van der Waals surface area contributed by atoms with E-state index >= 15 is 0 Å². The van der Waals surface area contributed by atoms with E-state index in [0.717, 1.165) is 27.9 Å². The zero-order valence-corrected chi connectivity index (χ0v) is 11.1. The Morgan fingerprint density at radius 3 is 2.79 bits per heavy atom. The van der Waals surface area contributed by atoms with E-state index in [9.17, 15) is 0 Å². The third-order valence-corrected chi connectivity index (χ3v) is 3.12. The summed E-state index contributed by atoms with van der Waals surface area (Å²) in [5.74, 6) is 1.56. The summed E-state index contributed by atoms with van der Waals surface area (Å²) in [4.78, 5) is 4.29. The number of anilines is 1. The summed E-state index contributed by atoms with van der Waals surface area (Å²) in [5.41, 5.74) is 1.86. The number of aryl methyl sites for hydroxylation is 1. The van der Waals surface area contributed by atoms with Gasteiger partial charge in [0.1, 0.15) is 5.82 Å². The van der Waals surface area contributed by atoms with Crippen molar-refractivity contribution in [1.82, 2.24) is 19.6 Å². The third-order valence-electron chi connectivity index (χ3n) is 2.87. The summed E-state index contributed by atoms with van der Waals surface area (Å²) in [6.45, 7) is 2.57. The van der Waals surface area contributed by atoms with Gasteiger partial charge in [0.25, 0.3) is 0 Å². The Morgan fingerprint density at radius 1 is 1.21 bits per heavy atom. The van der Waals surface area contributed by atoms with E-state index in [2.05, 4.69) is 20.5 Å². The van der Waals surface area contributed by atoms with Gasteiger partial charge in [0.15, 0.2) is 5.82 Å². The second-order valence-electron chi connectivity index (χ2n) is 4.20.